The van der Waals surface area contributed by atoms with Crippen molar-refractivity contribution in [2.24, 2.45) is 0 Å². The Hall–Kier alpha value is -3.41. The van der Waals surface area contributed by atoms with Crippen molar-refractivity contribution in [2.45, 2.75) is 52.4 Å². The molecule has 0 bridgehead atoms. The highest BCUT2D eigenvalue weighted by atomic mass is 16.5. The number of ether oxygens (including phenoxy) is 1. The van der Waals surface area contributed by atoms with Crippen molar-refractivity contribution >= 4 is 34.3 Å². The normalized spacial score (nSPS) is 13.6. The molecule has 0 radical (unpaired) electrons. The first-order chi connectivity index (χ1) is 16.3. The SMILES string of the molecule is CC(C)c1cccc(C(C)C)c1NC(=O)COC(=O)c1cc2ccccc2nc1N1CCCC1. The summed E-state index contributed by atoms with van der Waals surface area (Å²) in [5.41, 5.74) is 4.20. The Morgan fingerprint density at radius 1 is 0.971 bits per heavy atom. The molecule has 4 rings (SSSR count). The van der Waals surface area contributed by atoms with E-state index in [-0.39, 0.29) is 24.3 Å². The van der Waals surface area contributed by atoms with Gasteiger partial charge in [-0.1, -0.05) is 64.1 Å². The molecule has 6 nitrogen and oxygen atoms in total. The minimum atomic E-state index is -0.531. The Labute approximate surface area is 201 Å². The number of hydrogen-bond acceptors (Lipinski definition) is 5. The van der Waals surface area contributed by atoms with Crippen LogP contribution in [0.1, 0.15) is 73.9 Å². The highest BCUT2D eigenvalue weighted by Gasteiger charge is 2.24. The lowest BCUT2D eigenvalue weighted by Crippen LogP contribution is -2.25. The molecule has 2 heterocycles. The molecule has 0 spiro atoms. The van der Waals surface area contributed by atoms with Gasteiger partial charge >= 0.3 is 5.97 Å². The summed E-state index contributed by atoms with van der Waals surface area (Å²) in [4.78, 5) is 32.8. The van der Waals surface area contributed by atoms with Crippen LogP contribution in [-0.4, -0.2) is 36.6 Å². The number of benzene rings is 2. The van der Waals surface area contributed by atoms with Gasteiger partial charge < -0.3 is 15.0 Å². The first-order valence-electron chi connectivity index (χ1n) is 12.1. The number of pyridine rings is 1. The molecule has 0 saturated carbocycles. The number of nitrogens with one attached hydrogen (secondary N) is 1. The molecule has 1 amide bonds. The van der Waals surface area contributed by atoms with Crippen LogP contribution < -0.4 is 10.2 Å². The van der Waals surface area contributed by atoms with Crippen LogP contribution in [0.3, 0.4) is 0 Å². The Morgan fingerprint density at radius 3 is 2.26 bits per heavy atom. The second-order valence-corrected chi connectivity index (χ2v) is 9.49. The van der Waals surface area contributed by atoms with Crippen LogP contribution in [0.5, 0.6) is 0 Å². The maximum atomic E-state index is 13.1. The van der Waals surface area contributed by atoms with E-state index in [9.17, 15) is 9.59 Å². The second-order valence-electron chi connectivity index (χ2n) is 9.49. The molecule has 1 fully saturated rings. The Bertz CT molecular complexity index is 1170. The number of amides is 1. The van der Waals surface area contributed by atoms with Crippen LogP contribution >= 0.6 is 0 Å². The molecule has 0 aliphatic carbocycles. The topological polar surface area (TPSA) is 71.5 Å². The van der Waals surface area contributed by atoms with Crippen LogP contribution in [0.4, 0.5) is 11.5 Å². The number of para-hydroxylation sites is 2. The van der Waals surface area contributed by atoms with Crippen molar-refractivity contribution in [2.75, 3.05) is 29.9 Å². The Balaban J connectivity index is 1.54. The third kappa shape index (κ3) is 5.06. The summed E-state index contributed by atoms with van der Waals surface area (Å²) in [6, 6.07) is 15.6. The molecule has 6 heteroatoms. The van der Waals surface area contributed by atoms with Gasteiger partial charge in [0.25, 0.3) is 5.91 Å². The third-order valence-electron chi connectivity index (χ3n) is 6.30. The lowest BCUT2D eigenvalue weighted by Gasteiger charge is -2.21. The zero-order valence-electron chi connectivity index (χ0n) is 20.4. The minimum absolute atomic E-state index is 0.253. The van der Waals surface area contributed by atoms with E-state index in [1.165, 1.54) is 0 Å². The first kappa shape index (κ1) is 23.7. The standard InChI is InChI=1S/C28H33N3O3/c1-18(2)21-11-9-12-22(19(3)4)26(21)30-25(32)17-34-28(33)23-16-20-10-5-6-13-24(20)29-27(23)31-14-7-8-15-31/h5-6,9-13,16,18-19H,7-8,14-15,17H2,1-4H3,(H,30,32). The van der Waals surface area contributed by atoms with Crippen molar-refractivity contribution < 1.29 is 14.3 Å². The molecule has 2 aromatic carbocycles. The quantitative estimate of drug-likeness (QED) is 0.447. The van der Waals surface area contributed by atoms with Gasteiger partial charge in [0.05, 0.1) is 5.52 Å². The van der Waals surface area contributed by atoms with E-state index < -0.39 is 5.97 Å². The molecular weight excluding hydrogens is 426 g/mol. The molecule has 1 saturated heterocycles. The summed E-state index contributed by atoms with van der Waals surface area (Å²) >= 11 is 0. The number of esters is 1. The Morgan fingerprint density at radius 2 is 1.62 bits per heavy atom. The molecular formula is C28H33N3O3. The number of aromatic nitrogens is 1. The average Bonchev–Trinajstić information content (AvgIpc) is 3.36. The van der Waals surface area contributed by atoms with Gasteiger partial charge in [-0.15, -0.1) is 0 Å². The molecule has 1 N–H and O–H groups in total. The van der Waals surface area contributed by atoms with E-state index in [1.54, 1.807) is 0 Å². The van der Waals surface area contributed by atoms with Gasteiger partial charge in [0, 0.05) is 24.2 Å². The first-order valence-corrected chi connectivity index (χ1v) is 12.1. The summed E-state index contributed by atoms with van der Waals surface area (Å²) in [5.74, 6) is 0.261. The maximum absolute atomic E-state index is 13.1. The van der Waals surface area contributed by atoms with E-state index in [0.29, 0.717) is 11.4 Å². The molecule has 1 aliphatic rings. The number of rotatable bonds is 7. The Kier molecular flexibility index (Phi) is 7.15. The van der Waals surface area contributed by atoms with E-state index >= 15 is 0 Å². The van der Waals surface area contributed by atoms with Crippen molar-refractivity contribution in [1.82, 2.24) is 4.98 Å². The van der Waals surface area contributed by atoms with Crippen LogP contribution in [-0.2, 0) is 9.53 Å². The van der Waals surface area contributed by atoms with Gasteiger partial charge in [-0.05, 0) is 47.9 Å². The largest absolute Gasteiger partial charge is 0.452 e. The summed E-state index contributed by atoms with van der Waals surface area (Å²) in [5, 5.41) is 3.88. The fourth-order valence-corrected chi connectivity index (χ4v) is 4.51. The van der Waals surface area contributed by atoms with Crippen molar-refractivity contribution in [1.29, 1.82) is 0 Å². The number of carbonyl (C=O) groups excluding carboxylic acids is 2. The highest BCUT2D eigenvalue weighted by Crippen LogP contribution is 2.32. The second kappa shape index (κ2) is 10.2. The maximum Gasteiger partial charge on any atom is 0.342 e. The summed E-state index contributed by atoms with van der Waals surface area (Å²) in [7, 11) is 0. The number of hydrogen-bond donors (Lipinski definition) is 1. The van der Waals surface area contributed by atoms with Crippen LogP contribution in [0, 0.1) is 0 Å². The lowest BCUT2D eigenvalue weighted by molar-refractivity contribution is -0.119. The molecule has 178 valence electrons. The third-order valence-corrected chi connectivity index (χ3v) is 6.30. The number of nitrogens with zero attached hydrogens (tertiary/aromatic N) is 2. The monoisotopic (exact) mass is 459 g/mol. The predicted molar refractivity (Wildman–Crippen MR) is 137 cm³/mol. The van der Waals surface area contributed by atoms with Gasteiger partial charge in [0.1, 0.15) is 11.4 Å². The minimum Gasteiger partial charge on any atom is -0.452 e. The summed E-state index contributed by atoms with van der Waals surface area (Å²) in [6.45, 7) is 9.76. The smallest absolute Gasteiger partial charge is 0.342 e. The van der Waals surface area contributed by atoms with E-state index in [0.717, 1.165) is 53.6 Å². The van der Waals surface area contributed by atoms with Gasteiger partial charge in [0.2, 0.25) is 0 Å². The van der Waals surface area contributed by atoms with Crippen molar-refractivity contribution in [3.05, 3.63) is 65.2 Å². The zero-order valence-corrected chi connectivity index (χ0v) is 20.4. The van der Waals surface area contributed by atoms with Gasteiger partial charge in [-0.25, -0.2) is 9.78 Å². The molecule has 1 aliphatic heterocycles. The summed E-state index contributed by atoms with van der Waals surface area (Å²) < 4.78 is 5.49. The van der Waals surface area contributed by atoms with Gasteiger partial charge in [0.15, 0.2) is 6.61 Å². The summed E-state index contributed by atoms with van der Waals surface area (Å²) in [6.07, 6.45) is 2.14. The lowest BCUT2D eigenvalue weighted by atomic mass is 9.92. The zero-order chi connectivity index (χ0) is 24.2. The number of anilines is 2. The molecule has 0 unspecified atom stereocenters. The van der Waals surface area contributed by atoms with Crippen LogP contribution in [0.2, 0.25) is 0 Å². The molecule has 1 aromatic heterocycles. The molecule has 34 heavy (non-hydrogen) atoms. The number of fused-ring (bicyclic) bond motifs is 1. The fourth-order valence-electron chi connectivity index (χ4n) is 4.51. The predicted octanol–water partition coefficient (Wildman–Crippen LogP) is 5.88. The van der Waals surface area contributed by atoms with E-state index in [4.69, 9.17) is 9.72 Å². The van der Waals surface area contributed by atoms with E-state index in [1.807, 2.05) is 48.5 Å². The van der Waals surface area contributed by atoms with Crippen molar-refractivity contribution in [3.63, 3.8) is 0 Å². The van der Waals surface area contributed by atoms with E-state index in [2.05, 4.69) is 37.9 Å². The van der Waals surface area contributed by atoms with Crippen molar-refractivity contribution in [3.8, 4) is 0 Å². The fraction of sp³-hybridized carbons (Fsp3) is 0.393. The van der Waals surface area contributed by atoms with Crippen LogP contribution in [0.25, 0.3) is 10.9 Å². The van der Waals surface area contributed by atoms with Gasteiger partial charge in [-0.3, -0.25) is 4.79 Å². The molecule has 3 aromatic rings. The number of carbonyl (C=O) groups is 2. The highest BCUT2D eigenvalue weighted by molar-refractivity contribution is 6.01. The van der Waals surface area contributed by atoms with Gasteiger partial charge in [-0.2, -0.15) is 0 Å². The van der Waals surface area contributed by atoms with Crippen LogP contribution in [0.15, 0.2) is 48.5 Å². The average molecular weight is 460 g/mol. The molecule has 0 atom stereocenters.